The van der Waals surface area contributed by atoms with Crippen LogP contribution >= 0.6 is 0 Å². The lowest BCUT2D eigenvalue weighted by atomic mass is 10.0. The van der Waals surface area contributed by atoms with E-state index in [4.69, 9.17) is 10.7 Å². The zero-order valence-electron chi connectivity index (χ0n) is 25.0. The lowest BCUT2D eigenvalue weighted by molar-refractivity contribution is 0.0982. The fourth-order valence-electron chi connectivity index (χ4n) is 6.32. The number of likely N-dealkylation sites (N-methyl/N-ethyl adjacent to an activating group) is 1. The van der Waals surface area contributed by atoms with Crippen molar-refractivity contribution in [3.63, 3.8) is 0 Å². The zero-order chi connectivity index (χ0) is 30.6. The van der Waals surface area contributed by atoms with Crippen LogP contribution in [0.25, 0.3) is 11.3 Å². The maximum atomic E-state index is 12.5. The van der Waals surface area contributed by atoms with Crippen LogP contribution in [-0.2, 0) is 0 Å². The number of carbonyl (C=O) groups is 2. The predicted molar refractivity (Wildman–Crippen MR) is 169 cm³/mol. The maximum Gasteiger partial charge on any atom is 0.407 e. The van der Waals surface area contributed by atoms with Gasteiger partial charge in [0, 0.05) is 93.8 Å². The van der Waals surface area contributed by atoms with Gasteiger partial charge in [0.15, 0.2) is 17.3 Å². The van der Waals surface area contributed by atoms with Crippen molar-refractivity contribution in [2.24, 2.45) is 5.73 Å². The number of piperazine rings is 1. The predicted octanol–water partition coefficient (Wildman–Crippen LogP) is 2.76. The minimum Gasteiger partial charge on any atom is -0.465 e. The van der Waals surface area contributed by atoms with Crippen LogP contribution in [0.15, 0.2) is 48.8 Å². The fourth-order valence-corrected chi connectivity index (χ4v) is 6.32. The van der Waals surface area contributed by atoms with Crippen molar-refractivity contribution in [1.82, 2.24) is 29.7 Å². The van der Waals surface area contributed by atoms with Crippen molar-refractivity contribution >= 4 is 35.0 Å². The van der Waals surface area contributed by atoms with Crippen molar-refractivity contribution in [1.29, 1.82) is 0 Å². The smallest absolute Gasteiger partial charge is 0.407 e. The summed E-state index contributed by atoms with van der Waals surface area (Å²) in [4.78, 5) is 46.4. The van der Waals surface area contributed by atoms with Gasteiger partial charge in [-0.3, -0.25) is 14.7 Å². The Hall–Kier alpha value is -4.49. The van der Waals surface area contributed by atoms with Gasteiger partial charge in [0.2, 0.25) is 0 Å². The molecule has 3 aromatic rings. The number of piperidine rings is 1. The molecule has 1 atom stereocenters. The molecule has 3 fully saturated rings. The van der Waals surface area contributed by atoms with Crippen LogP contribution in [0.4, 0.5) is 27.8 Å². The van der Waals surface area contributed by atoms with Crippen molar-refractivity contribution in [2.45, 2.75) is 31.3 Å². The summed E-state index contributed by atoms with van der Waals surface area (Å²) in [5.74, 6) is -0.0490. The van der Waals surface area contributed by atoms with Gasteiger partial charge in [-0.15, -0.1) is 0 Å². The van der Waals surface area contributed by atoms with Crippen LogP contribution < -0.4 is 21.3 Å². The Morgan fingerprint density at radius 3 is 2.23 bits per heavy atom. The van der Waals surface area contributed by atoms with E-state index in [1.807, 2.05) is 12.1 Å². The normalized spacial score (nSPS) is 20.1. The molecule has 5 heterocycles. The molecule has 0 bridgehead atoms. The van der Waals surface area contributed by atoms with E-state index < -0.39 is 12.0 Å². The quantitative estimate of drug-likeness (QED) is 0.302. The Labute approximate surface area is 257 Å². The third-order valence-electron chi connectivity index (χ3n) is 8.90. The second kappa shape index (κ2) is 13.0. The molecule has 232 valence electrons. The van der Waals surface area contributed by atoms with Crippen LogP contribution in [0.3, 0.4) is 0 Å². The molecule has 5 N–H and O–H groups in total. The first-order valence-electron chi connectivity index (χ1n) is 15.3. The minimum atomic E-state index is -0.955. The van der Waals surface area contributed by atoms with Crippen LogP contribution in [0.5, 0.6) is 0 Å². The molecule has 0 spiro atoms. The van der Waals surface area contributed by atoms with Gasteiger partial charge in [-0.2, -0.15) is 0 Å². The Morgan fingerprint density at radius 2 is 1.59 bits per heavy atom. The number of nitrogens with two attached hydrogens (primary N) is 1. The lowest BCUT2D eigenvalue weighted by Crippen LogP contribution is -2.52. The number of carboxylic acid groups (broad SMARTS) is 1. The van der Waals surface area contributed by atoms with Crippen molar-refractivity contribution in [2.75, 3.05) is 74.9 Å². The molecular weight excluding hydrogens is 560 g/mol. The van der Waals surface area contributed by atoms with Crippen molar-refractivity contribution in [3.8, 4) is 11.3 Å². The number of benzene rings is 1. The molecule has 0 saturated carbocycles. The lowest BCUT2D eigenvalue weighted by Gasteiger charge is -2.42. The molecule has 13 nitrogen and oxygen atoms in total. The van der Waals surface area contributed by atoms with Crippen LogP contribution in [0.1, 0.15) is 29.8 Å². The number of carbonyl (C=O) groups excluding carboxylic acids is 1. The van der Waals surface area contributed by atoms with E-state index in [9.17, 15) is 14.7 Å². The Balaban J connectivity index is 1.18. The average Bonchev–Trinajstić information content (AvgIpc) is 3.51. The van der Waals surface area contributed by atoms with Gasteiger partial charge in [-0.1, -0.05) is 0 Å². The summed E-state index contributed by atoms with van der Waals surface area (Å²) in [5.41, 5.74) is 8.84. The topological polar surface area (TPSA) is 156 Å². The summed E-state index contributed by atoms with van der Waals surface area (Å²) in [6.07, 6.45) is 5.25. The van der Waals surface area contributed by atoms with Gasteiger partial charge in [0.25, 0.3) is 5.91 Å². The molecule has 0 unspecified atom stereocenters. The van der Waals surface area contributed by atoms with E-state index in [0.717, 1.165) is 63.5 Å². The van der Waals surface area contributed by atoms with E-state index in [0.29, 0.717) is 42.6 Å². The Morgan fingerprint density at radius 1 is 0.886 bits per heavy atom. The number of nitrogens with zero attached hydrogens (tertiary/aromatic N) is 7. The minimum absolute atomic E-state index is 0.0102. The zero-order valence-corrected chi connectivity index (χ0v) is 25.0. The van der Waals surface area contributed by atoms with Crippen molar-refractivity contribution < 1.29 is 14.7 Å². The highest BCUT2D eigenvalue weighted by molar-refractivity contribution is 5.97. The highest BCUT2D eigenvalue weighted by Crippen LogP contribution is 2.31. The number of aromatic nitrogens is 3. The van der Waals surface area contributed by atoms with E-state index >= 15 is 0 Å². The van der Waals surface area contributed by atoms with E-state index in [-0.39, 0.29) is 17.6 Å². The van der Waals surface area contributed by atoms with Crippen LogP contribution in [-0.4, -0.2) is 118 Å². The molecule has 2 aromatic heterocycles. The summed E-state index contributed by atoms with van der Waals surface area (Å²) in [5, 5.41) is 16.0. The molecule has 13 heteroatoms. The third kappa shape index (κ3) is 6.68. The summed E-state index contributed by atoms with van der Waals surface area (Å²) in [6, 6.07) is 12.2. The number of hydrogen-bond acceptors (Lipinski definition) is 10. The number of rotatable bonds is 8. The number of nitrogens with one attached hydrogen (secondary N) is 2. The van der Waals surface area contributed by atoms with Gasteiger partial charge < -0.3 is 36.2 Å². The number of primary amides is 1. The number of likely N-dealkylation sites (tertiary alicyclic amines) is 1. The Kier molecular flexibility index (Phi) is 8.75. The molecule has 0 aliphatic carbocycles. The molecule has 2 amide bonds. The second-order valence-corrected chi connectivity index (χ2v) is 11.8. The SMILES string of the molecule is CN1CCN(C2CCN(c3ccc(Nc4nc(N[C@@H]5CCN(C(=O)O)C5)c(-c5ccncc5)nc4C(N)=O)cc3)CC2)CC1. The van der Waals surface area contributed by atoms with E-state index in [2.05, 4.69) is 54.5 Å². The molecule has 44 heavy (non-hydrogen) atoms. The van der Waals surface area contributed by atoms with E-state index in [1.165, 1.54) is 4.90 Å². The molecule has 3 aliphatic rings. The summed E-state index contributed by atoms with van der Waals surface area (Å²) in [6.45, 7) is 7.38. The molecule has 3 aliphatic heterocycles. The highest BCUT2D eigenvalue weighted by atomic mass is 16.4. The third-order valence-corrected chi connectivity index (χ3v) is 8.90. The monoisotopic (exact) mass is 600 g/mol. The molecule has 6 rings (SSSR count). The molecular formula is C31H40N10O3. The van der Waals surface area contributed by atoms with Gasteiger partial charge in [-0.25, -0.2) is 14.8 Å². The fraction of sp³-hybridized carbons (Fsp3) is 0.452. The average molecular weight is 601 g/mol. The van der Waals surface area contributed by atoms with Gasteiger partial charge in [0.1, 0.15) is 5.69 Å². The van der Waals surface area contributed by atoms with Crippen LogP contribution in [0, 0.1) is 0 Å². The Bertz CT molecular complexity index is 1460. The number of anilines is 4. The van der Waals surface area contributed by atoms with E-state index in [1.54, 1.807) is 24.5 Å². The van der Waals surface area contributed by atoms with Crippen LogP contribution in [0.2, 0.25) is 0 Å². The molecule has 0 radical (unpaired) electrons. The summed E-state index contributed by atoms with van der Waals surface area (Å²) >= 11 is 0. The first kappa shape index (κ1) is 29.6. The summed E-state index contributed by atoms with van der Waals surface area (Å²) in [7, 11) is 2.19. The largest absolute Gasteiger partial charge is 0.465 e. The molecule has 3 saturated heterocycles. The summed E-state index contributed by atoms with van der Waals surface area (Å²) < 4.78 is 0. The number of pyridine rings is 1. The van der Waals surface area contributed by atoms with Crippen molar-refractivity contribution in [3.05, 3.63) is 54.5 Å². The number of hydrogen-bond donors (Lipinski definition) is 4. The van der Waals surface area contributed by atoms with Gasteiger partial charge >= 0.3 is 6.09 Å². The first-order chi connectivity index (χ1) is 21.3. The highest BCUT2D eigenvalue weighted by Gasteiger charge is 2.29. The van der Waals surface area contributed by atoms with Gasteiger partial charge in [0.05, 0.1) is 0 Å². The van der Waals surface area contributed by atoms with Gasteiger partial charge in [-0.05, 0) is 62.7 Å². The number of amides is 2. The maximum absolute atomic E-state index is 12.5. The second-order valence-electron chi connectivity index (χ2n) is 11.8. The standard InChI is InChI=1S/C31H40N10O3/c1-38-16-18-40(19-17-38)25-9-14-39(15-10-25)24-4-2-22(3-5-24)34-30-27(28(32)42)36-26(21-6-11-33-12-7-21)29(37-30)35-23-8-13-41(20-23)31(43)44/h2-7,11-12,23,25H,8-10,13-20H2,1H3,(H2,32,42)(H,43,44)(H2,34,35,37)/t23-/m1/s1. The first-order valence-corrected chi connectivity index (χ1v) is 15.3. The molecule has 1 aromatic carbocycles.